The summed E-state index contributed by atoms with van der Waals surface area (Å²) in [5, 5.41) is 16.8. The Labute approximate surface area is 114 Å². The van der Waals surface area contributed by atoms with Crippen molar-refractivity contribution in [2.75, 3.05) is 13.2 Å². The zero-order valence-corrected chi connectivity index (χ0v) is 11.5. The highest BCUT2D eigenvalue weighted by atomic mass is 16.5. The highest BCUT2D eigenvalue weighted by Crippen LogP contribution is 2.26. The molecule has 2 N–H and O–H groups in total. The molecule has 5 nitrogen and oxygen atoms in total. The molecule has 5 heteroatoms. The molecule has 1 aromatic heterocycles. The normalized spacial score (nSPS) is 25.4. The second-order valence-corrected chi connectivity index (χ2v) is 5.41. The molecule has 108 valence electrons. The third-order valence-corrected chi connectivity index (χ3v) is 3.71. The van der Waals surface area contributed by atoms with Gasteiger partial charge in [0, 0.05) is 19.2 Å². The van der Waals surface area contributed by atoms with Crippen LogP contribution in [-0.2, 0) is 11.3 Å². The lowest BCUT2D eigenvalue weighted by Crippen LogP contribution is -2.34. The van der Waals surface area contributed by atoms with Crippen LogP contribution in [0.5, 0.6) is 0 Å². The van der Waals surface area contributed by atoms with E-state index >= 15 is 0 Å². The Morgan fingerprint density at radius 1 is 1.53 bits per heavy atom. The second kappa shape index (κ2) is 7.62. The third kappa shape index (κ3) is 4.93. The van der Waals surface area contributed by atoms with E-state index in [1.807, 2.05) is 0 Å². The van der Waals surface area contributed by atoms with Crippen LogP contribution in [0.15, 0.2) is 16.9 Å². The zero-order valence-electron chi connectivity index (χ0n) is 11.5. The summed E-state index contributed by atoms with van der Waals surface area (Å²) >= 11 is 0. The van der Waals surface area contributed by atoms with Crippen molar-refractivity contribution in [3.8, 4) is 0 Å². The van der Waals surface area contributed by atoms with Crippen LogP contribution in [0.3, 0.4) is 0 Å². The van der Waals surface area contributed by atoms with Gasteiger partial charge in [0.05, 0.1) is 24.5 Å². The standard InChI is InChI=1S/C14H24N2O3/c1-11-4-2-3-5-14(11)18-10-13(17)9-15-8-12-6-7-19-16-12/h6-7,11,13-15,17H,2-5,8-10H2,1H3. The minimum absolute atomic E-state index is 0.318. The molecule has 0 saturated heterocycles. The summed E-state index contributed by atoms with van der Waals surface area (Å²) in [5.41, 5.74) is 0.842. The first kappa shape index (κ1) is 14.5. The number of nitrogens with zero attached hydrogens (tertiary/aromatic N) is 1. The van der Waals surface area contributed by atoms with Crippen LogP contribution in [-0.4, -0.2) is 35.6 Å². The Morgan fingerprint density at radius 2 is 2.37 bits per heavy atom. The molecule has 1 heterocycles. The van der Waals surface area contributed by atoms with E-state index in [0.29, 0.717) is 31.7 Å². The first-order valence-electron chi connectivity index (χ1n) is 7.15. The number of hydrogen-bond donors (Lipinski definition) is 2. The Bertz CT molecular complexity index is 342. The SMILES string of the molecule is CC1CCCCC1OCC(O)CNCc1ccon1. The molecular formula is C14H24N2O3. The molecule has 1 aliphatic rings. The van der Waals surface area contributed by atoms with Crippen molar-refractivity contribution < 1.29 is 14.4 Å². The van der Waals surface area contributed by atoms with Crippen LogP contribution < -0.4 is 5.32 Å². The number of rotatable bonds is 7. The Hall–Kier alpha value is -0.910. The summed E-state index contributed by atoms with van der Waals surface area (Å²) < 4.78 is 10.6. The summed E-state index contributed by atoms with van der Waals surface area (Å²) in [6, 6.07) is 1.81. The fraction of sp³-hybridized carbons (Fsp3) is 0.786. The van der Waals surface area contributed by atoms with Crippen LogP contribution in [0.4, 0.5) is 0 Å². The van der Waals surface area contributed by atoms with Gasteiger partial charge in [-0.05, 0) is 18.8 Å². The van der Waals surface area contributed by atoms with Crippen molar-refractivity contribution in [2.24, 2.45) is 5.92 Å². The van der Waals surface area contributed by atoms with E-state index in [9.17, 15) is 5.11 Å². The molecule has 3 atom stereocenters. The lowest BCUT2D eigenvalue weighted by Gasteiger charge is -2.29. The summed E-state index contributed by atoms with van der Waals surface area (Å²) in [4.78, 5) is 0. The van der Waals surface area contributed by atoms with E-state index < -0.39 is 6.10 Å². The molecule has 1 saturated carbocycles. The van der Waals surface area contributed by atoms with Gasteiger partial charge in [-0.3, -0.25) is 0 Å². The fourth-order valence-electron chi connectivity index (χ4n) is 2.52. The van der Waals surface area contributed by atoms with Gasteiger partial charge < -0.3 is 19.7 Å². The molecule has 1 aromatic rings. The van der Waals surface area contributed by atoms with E-state index in [2.05, 4.69) is 17.4 Å². The molecule has 0 aliphatic heterocycles. The largest absolute Gasteiger partial charge is 0.389 e. The zero-order chi connectivity index (χ0) is 13.5. The Kier molecular flexibility index (Phi) is 5.82. The molecule has 19 heavy (non-hydrogen) atoms. The maximum absolute atomic E-state index is 9.86. The van der Waals surface area contributed by atoms with E-state index in [-0.39, 0.29) is 0 Å². The van der Waals surface area contributed by atoms with E-state index in [4.69, 9.17) is 9.26 Å². The van der Waals surface area contributed by atoms with E-state index in [1.165, 1.54) is 19.3 Å². The quantitative estimate of drug-likeness (QED) is 0.788. The van der Waals surface area contributed by atoms with Crippen LogP contribution in [0, 0.1) is 5.92 Å². The number of aliphatic hydroxyl groups is 1. The maximum atomic E-state index is 9.86. The summed E-state index contributed by atoms with van der Waals surface area (Å²) in [6.45, 7) is 3.75. The van der Waals surface area contributed by atoms with Gasteiger partial charge in [0.1, 0.15) is 6.26 Å². The predicted molar refractivity (Wildman–Crippen MR) is 71.6 cm³/mol. The van der Waals surface area contributed by atoms with Gasteiger partial charge in [-0.1, -0.05) is 24.9 Å². The minimum atomic E-state index is -0.471. The van der Waals surface area contributed by atoms with Gasteiger partial charge in [-0.2, -0.15) is 0 Å². The monoisotopic (exact) mass is 268 g/mol. The first-order chi connectivity index (χ1) is 9.25. The van der Waals surface area contributed by atoms with Gasteiger partial charge in [0.2, 0.25) is 0 Å². The minimum Gasteiger partial charge on any atom is -0.389 e. The molecule has 2 rings (SSSR count). The molecule has 0 bridgehead atoms. The van der Waals surface area contributed by atoms with Gasteiger partial charge in [0.15, 0.2) is 0 Å². The maximum Gasteiger partial charge on any atom is 0.124 e. The van der Waals surface area contributed by atoms with Crippen molar-refractivity contribution in [2.45, 2.75) is 51.4 Å². The summed E-state index contributed by atoms with van der Waals surface area (Å²) in [7, 11) is 0. The van der Waals surface area contributed by atoms with Gasteiger partial charge in [-0.15, -0.1) is 0 Å². The van der Waals surface area contributed by atoms with Crippen LogP contribution >= 0.6 is 0 Å². The van der Waals surface area contributed by atoms with Crippen molar-refractivity contribution >= 4 is 0 Å². The first-order valence-corrected chi connectivity index (χ1v) is 7.15. The Balaban J connectivity index is 1.57. The highest BCUT2D eigenvalue weighted by Gasteiger charge is 2.22. The third-order valence-electron chi connectivity index (χ3n) is 3.71. The van der Waals surface area contributed by atoms with Crippen molar-refractivity contribution in [3.63, 3.8) is 0 Å². The topological polar surface area (TPSA) is 67.5 Å². The molecule has 1 fully saturated rings. The average Bonchev–Trinajstić information content (AvgIpc) is 2.91. The van der Waals surface area contributed by atoms with Crippen LogP contribution in [0.1, 0.15) is 38.3 Å². The highest BCUT2D eigenvalue weighted by molar-refractivity contribution is 4.94. The van der Waals surface area contributed by atoms with Gasteiger partial charge in [-0.25, -0.2) is 0 Å². The van der Waals surface area contributed by atoms with Crippen molar-refractivity contribution in [1.29, 1.82) is 0 Å². The van der Waals surface area contributed by atoms with Crippen LogP contribution in [0.2, 0.25) is 0 Å². The molecule has 3 unspecified atom stereocenters. The van der Waals surface area contributed by atoms with Gasteiger partial charge in [0.25, 0.3) is 0 Å². The molecule has 1 aliphatic carbocycles. The molecular weight excluding hydrogens is 244 g/mol. The molecule has 0 amide bonds. The summed E-state index contributed by atoms with van der Waals surface area (Å²) in [6.07, 6.45) is 6.31. The molecule has 0 radical (unpaired) electrons. The number of aromatic nitrogens is 1. The number of ether oxygens (including phenoxy) is 1. The van der Waals surface area contributed by atoms with Crippen molar-refractivity contribution in [1.82, 2.24) is 10.5 Å². The number of aliphatic hydroxyl groups excluding tert-OH is 1. The van der Waals surface area contributed by atoms with Crippen molar-refractivity contribution in [3.05, 3.63) is 18.0 Å². The summed E-state index contributed by atoms with van der Waals surface area (Å²) in [5.74, 6) is 0.615. The van der Waals surface area contributed by atoms with Gasteiger partial charge >= 0.3 is 0 Å². The van der Waals surface area contributed by atoms with E-state index in [1.54, 1.807) is 12.3 Å². The average molecular weight is 268 g/mol. The smallest absolute Gasteiger partial charge is 0.124 e. The Morgan fingerprint density at radius 3 is 3.11 bits per heavy atom. The van der Waals surface area contributed by atoms with E-state index in [0.717, 1.165) is 12.1 Å². The lowest BCUT2D eigenvalue weighted by atomic mass is 9.88. The second-order valence-electron chi connectivity index (χ2n) is 5.41. The molecule has 0 aromatic carbocycles. The number of hydrogen-bond acceptors (Lipinski definition) is 5. The fourth-order valence-corrected chi connectivity index (χ4v) is 2.52. The van der Waals surface area contributed by atoms with Crippen LogP contribution in [0.25, 0.3) is 0 Å². The predicted octanol–water partition coefficient (Wildman–Crippen LogP) is 1.72. The lowest BCUT2D eigenvalue weighted by molar-refractivity contribution is -0.0452. The number of nitrogens with one attached hydrogen (secondary N) is 1. The molecule has 0 spiro atoms.